The van der Waals surface area contributed by atoms with E-state index in [0.29, 0.717) is 24.5 Å². The molecule has 2 atom stereocenters. The first-order valence-corrected chi connectivity index (χ1v) is 8.35. The van der Waals surface area contributed by atoms with Crippen LogP contribution < -0.4 is 5.32 Å². The van der Waals surface area contributed by atoms with Crippen molar-refractivity contribution in [2.45, 2.75) is 72.8 Å². The molecule has 0 aliphatic carbocycles. The van der Waals surface area contributed by atoms with Gasteiger partial charge in [0, 0.05) is 13.2 Å². The van der Waals surface area contributed by atoms with Crippen molar-refractivity contribution in [3.8, 4) is 0 Å². The minimum absolute atomic E-state index is 0.349. The number of rotatable bonds is 12. The van der Waals surface area contributed by atoms with Crippen molar-refractivity contribution >= 4 is 0 Å². The second-order valence-electron chi connectivity index (χ2n) is 7.12. The molecule has 20 heavy (non-hydrogen) atoms. The van der Waals surface area contributed by atoms with Crippen LogP contribution in [0.15, 0.2) is 0 Å². The Morgan fingerprint density at radius 3 is 2.40 bits per heavy atom. The van der Waals surface area contributed by atoms with Gasteiger partial charge in [-0.05, 0) is 30.7 Å². The smallest absolute Gasteiger partial charge is 0.0897 e. The van der Waals surface area contributed by atoms with Gasteiger partial charge < -0.3 is 15.2 Å². The molecule has 0 fully saturated rings. The summed E-state index contributed by atoms with van der Waals surface area (Å²) in [5, 5.41) is 13.2. The third-order valence-electron chi connectivity index (χ3n) is 3.64. The zero-order valence-electron chi connectivity index (χ0n) is 14.4. The van der Waals surface area contributed by atoms with Gasteiger partial charge in [0.05, 0.1) is 12.7 Å². The standard InChI is InChI=1S/C17H37NO2/c1-6-8-9-15(7-2)13-20-14-16(19)12-18-11-10-17(3,4)5/h15-16,18-19H,6-14H2,1-5H3. The maximum Gasteiger partial charge on any atom is 0.0897 e. The molecule has 0 saturated carbocycles. The number of unbranched alkanes of at least 4 members (excludes halogenated alkanes) is 1. The third kappa shape index (κ3) is 12.9. The minimum Gasteiger partial charge on any atom is -0.389 e. The summed E-state index contributed by atoms with van der Waals surface area (Å²) in [7, 11) is 0. The number of nitrogens with one attached hydrogen (secondary N) is 1. The highest BCUT2D eigenvalue weighted by atomic mass is 16.5. The van der Waals surface area contributed by atoms with Gasteiger partial charge in [0.1, 0.15) is 0 Å². The summed E-state index contributed by atoms with van der Waals surface area (Å²) >= 11 is 0. The van der Waals surface area contributed by atoms with Gasteiger partial charge in [-0.3, -0.25) is 0 Å². The molecule has 122 valence electrons. The topological polar surface area (TPSA) is 41.5 Å². The van der Waals surface area contributed by atoms with Crippen LogP contribution in [0.2, 0.25) is 0 Å². The maximum absolute atomic E-state index is 9.85. The monoisotopic (exact) mass is 287 g/mol. The van der Waals surface area contributed by atoms with Gasteiger partial charge in [0.15, 0.2) is 0 Å². The third-order valence-corrected chi connectivity index (χ3v) is 3.64. The first-order chi connectivity index (χ1) is 9.39. The molecule has 3 nitrogen and oxygen atoms in total. The van der Waals surface area contributed by atoms with E-state index >= 15 is 0 Å². The lowest BCUT2D eigenvalue weighted by molar-refractivity contribution is 0.0192. The predicted molar refractivity (Wildman–Crippen MR) is 87.1 cm³/mol. The van der Waals surface area contributed by atoms with Crippen LogP contribution >= 0.6 is 0 Å². The minimum atomic E-state index is -0.390. The summed E-state index contributed by atoms with van der Waals surface area (Å²) < 4.78 is 5.65. The van der Waals surface area contributed by atoms with Crippen molar-refractivity contribution in [1.82, 2.24) is 5.32 Å². The molecular weight excluding hydrogens is 250 g/mol. The van der Waals surface area contributed by atoms with Crippen LogP contribution in [0.4, 0.5) is 0 Å². The van der Waals surface area contributed by atoms with Crippen LogP contribution in [0.5, 0.6) is 0 Å². The summed E-state index contributed by atoms with van der Waals surface area (Å²) in [6.07, 6.45) is 5.66. The summed E-state index contributed by atoms with van der Waals surface area (Å²) in [6.45, 7) is 14.0. The SMILES string of the molecule is CCCCC(CC)COCC(O)CNCCC(C)(C)C. The Kier molecular flexibility index (Phi) is 11.5. The van der Waals surface area contributed by atoms with E-state index in [4.69, 9.17) is 4.74 Å². The Morgan fingerprint density at radius 2 is 1.85 bits per heavy atom. The number of ether oxygens (including phenoxy) is 1. The highest BCUT2D eigenvalue weighted by molar-refractivity contribution is 4.65. The number of hydrogen-bond donors (Lipinski definition) is 2. The predicted octanol–water partition coefficient (Wildman–Crippen LogP) is 3.61. The first kappa shape index (κ1) is 19.9. The van der Waals surface area contributed by atoms with Crippen LogP contribution in [-0.2, 0) is 4.74 Å². The van der Waals surface area contributed by atoms with Crippen LogP contribution in [0.1, 0.15) is 66.7 Å². The van der Waals surface area contributed by atoms with E-state index < -0.39 is 6.10 Å². The fourth-order valence-electron chi connectivity index (χ4n) is 2.06. The van der Waals surface area contributed by atoms with E-state index in [9.17, 15) is 5.11 Å². The fourth-order valence-corrected chi connectivity index (χ4v) is 2.06. The molecule has 0 bridgehead atoms. The normalized spacial score (nSPS) is 15.3. The summed E-state index contributed by atoms with van der Waals surface area (Å²) in [5.74, 6) is 0.649. The van der Waals surface area contributed by atoms with Crippen molar-refractivity contribution in [1.29, 1.82) is 0 Å². The second-order valence-corrected chi connectivity index (χ2v) is 7.12. The molecule has 0 spiro atoms. The molecule has 0 rings (SSSR count). The van der Waals surface area contributed by atoms with Gasteiger partial charge in [-0.1, -0.05) is 53.9 Å². The Hall–Kier alpha value is -0.120. The van der Waals surface area contributed by atoms with Crippen molar-refractivity contribution in [2.24, 2.45) is 11.3 Å². The van der Waals surface area contributed by atoms with Gasteiger partial charge in [-0.2, -0.15) is 0 Å². The first-order valence-electron chi connectivity index (χ1n) is 8.35. The van der Waals surface area contributed by atoms with E-state index in [0.717, 1.165) is 19.6 Å². The van der Waals surface area contributed by atoms with Crippen LogP contribution in [-0.4, -0.2) is 37.5 Å². The molecule has 2 N–H and O–H groups in total. The number of aliphatic hydroxyl groups is 1. The van der Waals surface area contributed by atoms with E-state index in [1.807, 2.05) is 0 Å². The molecule has 0 heterocycles. The fraction of sp³-hybridized carbons (Fsp3) is 1.00. The molecule has 0 aliphatic rings. The molecule has 0 aromatic heterocycles. The number of aliphatic hydroxyl groups excluding tert-OH is 1. The van der Waals surface area contributed by atoms with E-state index in [1.54, 1.807) is 0 Å². The lowest BCUT2D eigenvalue weighted by Gasteiger charge is -2.20. The molecule has 0 aliphatic heterocycles. The summed E-state index contributed by atoms with van der Waals surface area (Å²) in [5.41, 5.74) is 0.349. The lowest BCUT2D eigenvalue weighted by atomic mass is 9.92. The van der Waals surface area contributed by atoms with Gasteiger partial charge in [0.25, 0.3) is 0 Å². The van der Waals surface area contributed by atoms with Crippen molar-refractivity contribution < 1.29 is 9.84 Å². The average Bonchev–Trinajstić information content (AvgIpc) is 2.37. The Labute approximate surface area is 126 Å². The van der Waals surface area contributed by atoms with Gasteiger partial charge in [0.2, 0.25) is 0 Å². The summed E-state index contributed by atoms with van der Waals surface area (Å²) in [4.78, 5) is 0. The molecule has 0 aromatic rings. The summed E-state index contributed by atoms with van der Waals surface area (Å²) in [6, 6.07) is 0. The van der Waals surface area contributed by atoms with E-state index in [-0.39, 0.29) is 0 Å². The maximum atomic E-state index is 9.85. The Bertz CT molecular complexity index is 214. The Balaban J connectivity index is 3.54. The molecule has 0 amide bonds. The van der Waals surface area contributed by atoms with Crippen molar-refractivity contribution in [3.63, 3.8) is 0 Å². The van der Waals surface area contributed by atoms with Gasteiger partial charge in [-0.15, -0.1) is 0 Å². The zero-order chi connectivity index (χ0) is 15.4. The van der Waals surface area contributed by atoms with Crippen LogP contribution in [0.3, 0.4) is 0 Å². The largest absolute Gasteiger partial charge is 0.389 e. The highest BCUT2D eigenvalue weighted by Gasteiger charge is 2.11. The van der Waals surface area contributed by atoms with Gasteiger partial charge in [-0.25, -0.2) is 0 Å². The van der Waals surface area contributed by atoms with Crippen LogP contribution in [0.25, 0.3) is 0 Å². The van der Waals surface area contributed by atoms with E-state index in [2.05, 4.69) is 39.9 Å². The Morgan fingerprint density at radius 1 is 1.15 bits per heavy atom. The molecule has 0 radical (unpaired) electrons. The molecule has 2 unspecified atom stereocenters. The van der Waals surface area contributed by atoms with E-state index in [1.165, 1.54) is 25.7 Å². The van der Waals surface area contributed by atoms with Crippen molar-refractivity contribution in [3.05, 3.63) is 0 Å². The quantitative estimate of drug-likeness (QED) is 0.539. The van der Waals surface area contributed by atoms with Crippen molar-refractivity contribution in [2.75, 3.05) is 26.3 Å². The average molecular weight is 287 g/mol. The number of hydrogen-bond acceptors (Lipinski definition) is 3. The lowest BCUT2D eigenvalue weighted by Crippen LogP contribution is -2.32. The molecular formula is C17H37NO2. The molecule has 0 saturated heterocycles. The van der Waals surface area contributed by atoms with Gasteiger partial charge >= 0.3 is 0 Å². The highest BCUT2D eigenvalue weighted by Crippen LogP contribution is 2.16. The van der Waals surface area contributed by atoms with Crippen LogP contribution in [0, 0.1) is 11.3 Å². The second kappa shape index (κ2) is 11.5. The molecule has 3 heteroatoms. The zero-order valence-corrected chi connectivity index (χ0v) is 14.4. The molecule has 0 aromatic carbocycles.